The summed E-state index contributed by atoms with van der Waals surface area (Å²) in [6, 6.07) is 16.5. The van der Waals surface area contributed by atoms with Crippen molar-refractivity contribution in [2.24, 2.45) is 5.41 Å². The average molecular weight is 474 g/mol. The van der Waals surface area contributed by atoms with Gasteiger partial charge < -0.3 is 19.3 Å². The number of aromatic nitrogens is 2. The monoisotopic (exact) mass is 473 g/mol. The molecule has 2 aromatic carbocycles. The molecule has 6 heteroatoms. The van der Waals surface area contributed by atoms with Crippen LogP contribution >= 0.6 is 0 Å². The van der Waals surface area contributed by atoms with Crippen LogP contribution in [-0.2, 0) is 10.3 Å². The van der Waals surface area contributed by atoms with Gasteiger partial charge in [0.15, 0.2) is 5.82 Å². The molecule has 3 fully saturated rings. The molecule has 3 aliphatic heterocycles. The van der Waals surface area contributed by atoms with Crippen LogP contribution in [0.3, 0.4) is 0 Å². The number of hydrogen-bond acceptors (Lipinski definition) is 6. The van der Waals surface area contributed by atoms with Crippen molar-refractivity contribution in [3.8, 4) is 11.5 Å². The minimum absolute atomic E-state index is 0.214. The molecule has 0 aliphatic carbocycles. The molecule has 3 aromatic rings. The molecule has 1 N–H and O–H groups in total. The van der Waals surface area contributed by atoms with E-state index in [2.05, 4.69) is 62.1 Å². The van der Waals surface area contributed by atoms with Gasteiger partial charge in [-0.25, -0.2) is 0 Å². The summed E-state index contributed by atoms with van der Waals surface area (Å²) >= 11 is 0. The molecule has 3 saturated heterocycles. The minimum atomic E-state index is -1.15. The molecule has 4 atom stereocenters. The summed E-state index contributed by atoms with van der Waals surface area (Å²) in [7, 11) is 2.10. The number of likely N-dealkylation sites (tertiary alicyclic amines) is 1. The van der Waals surface area contributed by atoms with E-state index in [1.807, 2.05) is 24.3 Å². The van der Waals surface area contributed by atoms with Gasteiger partial charge in [-0.05, 0) is 61.1 Å². The third-order valence-corrected chi connectivity index (χ3v) is 8.51. The average Bonchev–Trinajstić information content (AvgIpc) is 3.60. The van der Waals surface area contributed by atoms with Crippen molar-refractivity contribution in [2.75, 3.05) is 20.1 Å². The predicted molar refractivity (Wildman–Crippen MR) is 134 cm³/mol. The molecule has 184 valence electrons. The van der Waals surface area contributed by atoms with Crippen LogP contribution in [0.5, 0.6) is 0 Å². The lowest BCUT2D eigenvalue weighted by molar-refractivity contribution is -0.127. The van der Waals surface area contributed by atoms with Gasteiger partial charge in [0.2, 0.25) is 0 Å². The third-order valence-electron chi connectivity index (χ3n) is 8.51. The highest BCUT2D eigenvalue weighted by Gasteiger charge is 2.55. The van der Waals surface area contributed by atoms with Crippen LogP contribution in [0, 0.1) is 5.41 Å². The first-order chi connectivity index (χ1) is 16.8. The van der Waals surface area contributed by atoms with Gasteiger partial charge in [0.1, 0.15) is 5.60 Å². The van der Waals surface area contributed by atoms with Crippen LogP contribution in [-0.4, -0.2) is 52.5 Å². The predicted octanol–water partition coefficient (Wildman–Crippen LogP) is 5.08. The number of nitrogens with zero attached hydrogens (tertiary/aromatic N) is 3. The van der Waals surface area contributed by atoms with Gasteiger partial charge in [-0.2, -0.15) is 4.98 Å². The molecule has 4 heterocycles. The standard InChI is InChI=1S/C29H35N3O3/c1-18(2)19-8-10-21(11-9-19)29(33,28(3)16-32(4)17-28)22-7-5-6-20(14-22)27-30-26(31-35-27)24-15-23-12-13-25(24)34-23/h5-11,14,18,23-25,33H,12-13,15-17H2,1-4H3/t23-,24-,25+,29+/m1/s1. The van der Waals surface area contributed by atoms with Crippen molar-refractivity contribution in [3.05, 3.63) is 71.0 Å². The first-order valence-electron chi connectivity index (χ1n) is 12.9. The molecule has 0 radical (unpaired) electrons. The Bertz CT molecular complexity index is 1210. The van der Waals surface area contributed by atoms with Gasteiger partial charge in [-0.3, -0.25) is 0 Å². The van der Waals surface area contributed by atoms with Crippen LogP contribution in [0.1, 0.15) is 74.4 Å². The summed E-state index contributed by atoms with van der Waals surface area (Å²) in [6.07, 6.45) is 3.74. The molecule has 6 nitrogen and oxygen atoms in total. The maximum Gasteiger partial charge on any atom is 0.257 e. The van der Waals surface area contributed by atoms with E-state index in [4.69, 9.17) is 14.2 Å². The summed E-state index contributed by atoms with van der Waals surface area (Å²) in [5.41, 5.74) is 2.40. The zero-order valence-electron chi connectivity index (χ0n) is 21.1. The molecular weight excluding hydrogens is 438 g/mol. The molecule has 35 heavy (non-hydrogen) atoms. The van der Waals surface area contributed by atoms with Gasteiger partial charge in [0.05, 0.1) is 18.1 Å². The fourth-order valence-electron chi connectivity index (χ4n) is 6.64. The smallest absolute Gasteiger partial charge is 0.257 e. The van der Waals surface area contributed by atoms with Crippen molar-refractivity contribution in [1.82, 2.24) is 15.0 Å². The summed E-state index contributed by atoms with van der Waals surface area (Å²) in [5, 5.41) is 16.8. The van der Waals surface area contributed by atoms with E-state index < -0.39 is 5.60 Å². The van der Waals surface area contributed by atoms with E-state index in [0.717, 1.165) is 54.9 Å². The number of fused-ring (bicyclic) bond motifs is 2. The fourth-order valence-corrected chi connectivity index (χ4v) is 6.64. The fraction of sp³-hybridized carbons (Fsp3) is 0.517. The molecule has 3 aliphatic rings. The van der Waals surface area contributed by atoms with Crippen molar-refractivity contribution < 1.29 is 14.4 Å². The summed E-state index contributed by atoms with van der Waals surface area (Å²) in [4.78, 5) is 7.02. The number of hydrogen-bond donors (Lipinski definition) is 1. The molecule has 0 amide bonds. The van der Waals surface area contributed by atoms with E-state index in [0.29, 0.717) is 17.9 Å². The lowest BCUT2D eigenvalue weighted by Gasteiger charge is -2.56. The lowest BCUT2D eigenvalue weighted by atomic mass is 9.62. The Morgan fingerprint density at radius 3 is 2.49 bits per heavy atom. The van der Waals surface area contributed by atoms with E-state index in [9.17, 15) is 5.11 Å². The molecule has 6 rings (SSSR count). The van der Waals surface area contributed by atoms with Crippen molar-refractivity contribution in [2.45, 2.75) is 69.7 Å². The van der Waals surface area contributed by atoms with Gasteiger partial charge in [-0.1, -0.05) is 62.3 Å². The van der Waals surface area contributed by atoms with Crippen molar-refractivity contribution >= 4 is 0 Å². The first kappa shape index (κ1) is 22.9. The van der Waals surface area contributed by atoms with Crippen LogP contribution < -0.4 is 0 Å². The largest absolute Gasteiger partial charge is 0.380 e. The maximum atomic E-state index is 12.5. The Morgan fingerprint density at radius 1 is 1.09 bits per heavy atom. The van der Waals surface area contributed by atoms with Crippen LogP contribution in [0.4, 0.5) is 0 Å². The van der Waals surface area contributed by atoms with Gasteiger partial charge in [-0.15, -0.1) is 0 Å². The lowest BCUT2D eigenvalue weighted by Crippen LogP contribution is -2.63. The second kappa shape index (κ2) is 8.26. The zero-order valence-corrected chi connectivity index (χ0v) is 21.1. The van der Waals surface area contributed by atoms with Crippen molar-refractivity contribution in [1.29, 1.82) is 0 Å². The molecule has 1 aromatic heterocycles. The third kappa shape index (κ3) is 3.65. The van der Waals surface area contributed by atoms with Gasteiger partial charge >= 0.3 is 0 Å². The van der Waals surface area contributed by atoms with E-state index >= 15 is 0 Å². The number of ether oxygens (including phenoxy) is 1. The Hall–Kier alpha value is -2.54. The molecule has 0 saturated carbocycles. The molecular formula is C29H35N3O3. The van der Waals surface area contributed by atoms with Gasteiger partial charge in [0, 0.05) is 24.1 Å². The highest BCUT2D eigenvalue weighted by molar-refractivity contribution is 5.57. The number of benzene rings is 2. The summed E-state index contributed by atoms with van der Waals surface area (Å²) < 4.78 is 11.7. The van der Waals surface area contributed by atoms with E-state index in [1.165, 1.54) is 5.56 Å². The highest BCUT2D eigenvalue weighted by atomic mass is 16.5. The zero-order chi connectivity index (χ0) is 24.4. The minimum Gasteiger partial charge on any atom is -0.380 e. The maximum absolute atomic E-state index is 12.5. The van der Waals surface area contributed by atoms with Crippen LogP contribution in [0.2, 0.25) is 0 Å². The second-order valence-corrected chi connectivity index (χ2v) is 11.5. The topological polar surface area (TPSA) is 71.6 Å². The Morgan fingerprint density at radius 2 is 1.86 bits per heavy atom. The normalized spacial score (nSPS) is 27.2. The molecule has 0 unspecified atom stereocenters. The second-order valence-electron chi connectivity index (χ2n) is 11.5. The van der Waals surface area contributed by atoms with E-state index in [1.54, 1.807) is 0 Å². The first-order valence-corrected chi connectivity index (χ1v) is 12.9. The summed E-state index contributed by atoms with van der Waals surface area (Å²) in [5.74, 6) is 1.90. The van der Waals surface area contributed by atoms with E-state index in [-0.39, 0.29) is 17.4 Å². The highest BCUT2D eigenvalue weighted by Crippen LogP contribution is 2.51. The van der Waals surface area contributed by atoms with Crippen LogP contribution in [0.25, 0.3) is 11.5 Å². The SMILES string of the molecule is CC(C)c1ccc([C@](O)(c2cccc(-c3nc([C@@H]4C[C@H]5CC[C@@H]4O5)no3)c2)C2(C)CN(C)C2)cc1. The quantitative estimate of drug-likeness (QED) is 0.538. The Kier molecular flexibility index (Phi) is 5.40. The Balaban J connectivity index is 1.37. The summed E-state index contributed by atoms with van der Waals surface area (Å²) in [6.45, 7) is 8.18. The van der Waals surface area contributed by atoms with Crippen molar-refractivity contribution in [3.63, 3.8) is 0 Å². The number of rotatable bonds is 6. The Labute approximate surface area is 207 Å². The number of aliphatic hydroxyl groups is 1. The molecule has 2 bridgehead atoms. The molecule has 0 spiro atoms. The van der Waals surface area contributed by atoms with Gasteiger partial charge in [0.25, 0.3) is 5.89 Å². The van der Waals surface area contributed by atoms with Crippen LogP contribution in [0.15, 0.2) is 53.1 Å².